The summed E-state index contributed by atoms with van der Waals surface area (Å²) in [7, 11) is 0. The smallest absolute Gasteiger partial charge is 0.267 e. The van der Waals surface area contributed by atoms with Gasteiger partial charge in [0, 0.05) is 0 Å². The van der Waals surface area contributed by atoms with Crippen molar-refractivity contribution in [2.75, 3.05) is 0 Å². The van der Waals surface area contributed by atoms with Crippen LogP contribution in [-0.2, 0) is 24.5 Å². The number of aliphatic imine (C=N–C) groups is 1. The zero-order chi connectivity index (χ0) is 24.6. The Bertz CT molecular complexity index is 1350. The summed E-state index contributed by atoms with van der Waals surface area (Å²) in [6.07, 6.45) is 1.93. The first-order valence-corrected chi connectivity index (χ1v) is 12.7. The second-order valence-corrected chi connectivity index (χ2v) is 9.42. The molecule has 1 aliphatic rings. The molecule has 36 heavy (non-hydrogen) atoms. The fourth-order valence-corrected chi connectivity index (χ4v) is 4.80. The third kappa shape index (κ3) is 6.12. The first-order chi connectivity index (χ1) is 17.7. The molecule has 5 rings (SSSR count). The van der Waals surface area contributed by atoms with Crippen LogP contribution in [0.1, 0.15) is 22.3 Å². The average Bonchev–Trinajstić information content (AvgIpc) is 3.22. The van der Waals surface area contributed by atoms with E-state index in [2.05, 4.69) is 0 Å². The van der Waals surface area contributed by atoms with Crippen molar-refractivity contribution in [3.8, 4) is 5.75 Å². The molecular formula is C31H26N2O2S. The molecule has 0 aromatic heterocycles. The minimum absolute atomic E-state index is 0.0277. The van der Waals surface area contributed by atoms with Crippen LogP contribution in [0, 0.1) is 0 Å². The lowest BCUT2D eigenvalue weighted by Crippen LogP contribution is -2.28. The van der Waals surface area contributed by atoms with Crippen molar-refractivity contribution < 1.29 is 9.53 Å². The van der Waals surface area contributed by atoms with Gasteiger partial charge in [-0.1, -0.05) is 103 Å². The number of amides is 1. The third-order valence-electron chi connectivity index (χ3n) is 5.74. The molecule has 4 aromatic rings. The monoisotopic (exact) mass is 490 g/mol. The Morgan fingerprint density at radius 3 is 1.94 bits per heavy atom. The van der Waals surface area contributed by atoms with Crippen LogP contribution in [0.2, 0.25) is 0 Å². The van der Waals surface area contributed by atoms with Crippen LogP contribution in [-0.4, -0.2) is 16.0 Å². The molecule has 0 spiro atoms. The van der Waals surface area contributed by atoms with Crippen LogP contribution in [0.15, 0.2) is 125 Å². The van der Waals surface area contributed by atoms with Gasteiger partial charge in [0.1, 0.15) is 12.4 Å². The number of hydrogen-bond donors (Lipinski definition) is 0. The van der Waals surface area contributed by atoms with E-state index < -0.39 is 0 Å². The molecule has 1 fully saturated rings. The number of ether oxygens (including phenoxy) is 1. The Morgan fingerprint density at radius 1 is 0.722 bits per heavy atom. The number of amidine groups is 1. The number of thioether (sulfide) groups is 1. The van der Waals surface area contributed by atoms with Gasteiger partial charge in [-0.2, -0.15) is 0 Å². The number of benzene rings is 4. The molecule has 0 aliphatic carbocycles. The molecule has 0 saturated carbocycles. The zero-order valence-corrected chi connectivity index (χ0v) is 20.6. The third-order valence-corrected chi connectivity index (χ3v) is 6.78. The fourth-order valence-electron chi connectivity index (χ4n) is 3.83. The lowest BCUT2D eigenvalue weighted by atomic mass is 10.2. The molecule has 4 aromatic carbocycles. The maximum atomic E-state index is 13.4. The van der Waals surface area contributed by atoms with Gasteiger partial charge in [-0.25, -0.2) is 0 Å². The Labute approximate surface area is 216 Å². The molecule has 4 nitrogen and oxygen atoms in total. The Kier molecular flexibility index (Phi) is 7.59. The number of rotatable bonds is 8. The number of carbonyl (C=O) groups excluding carboxylic acids is 1. The maximum absolute atomic E-state index is 13.4. The molecule has 5 heteroatoms. The van der Waals surface area contributed by atoms with E-state index in [1.165, 1.54) is 11.8 Å². The molecule has 1 heterocycles. The second kappa shape index (κ2) is 11.6. The summed E-state index contributed by atoms with van der Waals surface area (Å²) in [5.41, 5.74) is 4.25. The van der Waals surface area contributed by atoms with Gasteiger partial charge in [0.2, 0.25) is 0 Å². The second-order valence-electron chi connectivity index (χ2n) is 8.42. The Morgan fingerprint density at radius 2 is 1.31 bits per heavy atom. The van der Waals surface area contributed by atoms with Crippen molar-refractivity contribution in [1.29, 1.82) is 0 Å². The molecule has 0 N–H and O–H groups in total. The standard InChI is InChI=1S/C31H26N2O2S/c34-30-29(20-24-16-18-28(19-17-24)35-23-27-14-8-3-9-15-27)36-31(32-21-25-10-4-1-5-11-25)33(30)22-26-12-6-2-7-13-26/h1-20H,21-23H2/b29-20-,32-31?. The molecule has 0 atom stereocenters. The SMILES string of the molecule is O=C1/C(=C/c2ccc(OCc3ccccc3)cc2)SC(=NCc2ccccc2)N1Cc1ccccc1. The minimum Gasteiger partial charge on any atom is -0.489 e. The van der Waals surface area contributed by atoms with Gasteiger partial charge >= 0.3 is 0 Å². The van der Waals surface area contributed by atoms with Crippen LogP contribution in [0.4, 0.5) is 0 Å². The van der Waals surface area contributed by atoms with E-state index in [1.54, 1.807) is 4.90 Å². The van der Waals surface area contributed by atoms with Crippen LogP contribution in [0.5, 0.6) is 5.75 Å². The van der Waals surface area contributed by atoms with Gasteiger partial charge in [-0.15, -0.1) is 0 Å². The van der Waals surface area contributed by atoms with E-state index in [0.717, 1.165) is 33.2 Å². The molecule has 1 saturated heterocycles. The van der Waals surface area contributed by atoms with E-state index in [0.29, 0.717) is 24.6 Å². The molecule has 1 aliphatic heterocycles. The molecule has 0 unspecified atom stereocenters. The van der Waals surface area contributed by atoms with Crippen molar-refractivity contribution in [1.82, 2.24) is 4.90 Å². The van der Waals surface area contributed by atoms with Crippen LogP contribution in [0.3, 0.4) is 0 Å². The van der Waals surface area contributed by atoms with Gasteiger partial charge in [-0.05, 0) is 52.2 Å². The molecular weight excluding hydrogens is 464 g/mol. The molecule has 0 bridgehead atoms. The summed E-state index contributed by atoms with van der Waals surface area (Å²) in [4.78, 5) is 20.6. The quantitative estimate of drug-likeness (QED) is 0.251. The number of carbonyl (C=O) groups is 1. The van der Waals surface area contributed by atoms with Crippen molar-refractivity contribution >= 4 is 28.9 Å². The van der Waals surface area contributed by atoms with Gasteiger partial charge in [0.25, 0.3) is 5.91 Å². The summed E-state index contributed by atoms with van der Waals surface area (Å²) in [6.45, 7) is 1.54. The van der Waals surface area contributed by atoms with E-state index in [1.807, 2.05) is 121 Å². The molecule has 178 valence electrons. The summed E-state index contributed by atoms with van der Waals surface area (Å²) < 4.78 is 5.89. The Hall–Kier alpha value is -4.09. The predicted molar refractivity (Wildman–Crippen MR) is 147 cm³/mol. The lowest BCUT2D eigenvalue weighted by Gasteiger charge is -2.15. The van der Waals surface area contributed by atoms with E-state index in [-0.39, 0.29) is 5.91 Å². The minimum atomic E-state index is -0.0277. The summed E-state index contributed by atoms with van der Waals surface area (Å²) >= 11 is 1.43. The lowest BCUT2D eigenvalue weighted by molar-refractivity contribution is -0.122. The number of hydrogen-bond acceptors (Lipinski definition) is 4. The van der Waals surface area contributed by atoms with Crippen LogP contribution >= 0.6 is 11.8 Å². The first kappa shape index (κ1) is 23.6. The zero-order valence-electron chi connectivity index (χ0n) is 19.8. The van der Waals surface area contributed by atoms with Crippen LogP contribution < -0.4 is 4.74 Å². The molecule has 1 amide bonds. The maximum Gasteiger partial charge on any atom is 0.267 e. The predicted octanol–water partition coefficient (Wildman–Crippen LogP) is 6.94. The van der Waals surface area contributed by atoms with Crippen LogP contribution in [0.25, 0.3) is 6.08 Å². The van der Waals surface area contributed by atoms with Gasteiger partial charge in [0.15, 0.2) is 5.17 Å². The highest BCUT2D eigenvalue weighted by Gasteiger charge is 2.33. The average molecular weight is 491 g/mol. The molecule has 0 radical (unpaired) electrons. The fraction of sp³-hybridized carbons (Fsp3) is 0.0968. The Balaban J connectivity index is 1.32. The summed E-state index contributed by atoms with van der Waals surface area (Å²) in [5, 5.41) is 0.724. The summed E-state index contributed by atoms with van der Waals surface area (Å²) in [6, 6.07) is 38.0. The van der Waals surface area contributed by atoms with Crippen molar-refractivity contribution in [3.63, 3.8) is 0 Å². The van der Waals surface area contributed by atoms with Gasteiger partial charge in [0.05, 0.1) is 18.0 Å². The largest absolute Gasteiger partial charge is 0.489 e. The van der Waals surface area contributed by atoms with E-state index in [4.69, 9.17) is 9.73 Å². The van der Waals surface area contributed by atoms with Gasteiger partial charge < -0.3 is 4.74 Å². The summed E-state index contributed by atoms with van der Waals surface area (Å²) in [5.74, 6) is 0.766. The number of nitrogens with zero attached hydrogens (tertiary/aromatic N) is 2. The topological polar surface area (TPSA) is 41.9 Å². The van der Waals surface area contributed by atoms with Gasteiger partial charge in [-0.3, -0.25) is 14.7 Å². The van der Waals surface area contributed by atoms with E-state index in [9.17, 15) is 4.79 Å². The van der Waals surface area contributed by atoms with Crippen molar-refractivity contribution in [2.45, 2.75) is 19.7 Å². The normalized spacial score (nSPS) is 15.6. The van der Waals surface area contributed by atoms with Crippen molar-refractivity contribution in [2.24, 2.45) is 4.99 Å². The highest BCUT2D eigenvalue weighted by molar-refractivity contribution is 8.18. The highest BCUT2D eigenvalue weighted by Crippen LogP contribution is 2.34. The first-order valence-electron chi connectivity index (χ1n) is 11.8. The van der Waals surface area contributed by atoms with E-state index >= 15 is 0 Å². The van der Waals surface area contributed by atoms with Crippen molar-refractivity contribution in [3.05, 3.63) is 142 Å². The highest BCUT2D eigenvalue weighted by atomic mass is 32.2.